The van der Waals surface area contributed by atoms with Crippen LogP contribution in [0.15, 0.2) is 36.4 Å². The number of aliphatic hydroxyl groups is 1. The highest BCUT2D eigenvalue weighted by atomic mass is 19.1. The fraction of sp³-hybridized carbons (Fsp3) is 0.143. The first-order chi connectivity index (χ1) is 10.0. The summed E-state index contributed by atoms with van der Waals surface area (Å²) in [5, 5.41) is 19.5. The number of aliphatic hydroxyl groups excluding tert-OH is 1. The van der Waals surface area contributed by atoms with Crippen LogP contribution in [0.4, 0.5) is 14.5 Å². The van der Waals surface area contributed by atoms with E-state index in [1.54, 1.807) is 0 Å². The standard InChI is InChI=1S/C14H11F2NO4/c15-11-6-9(7-18)4-5-13(11)21-8-10-2-1-3-12(14(10)16)17(19)20/h1-6,18H,7-8H2. The summed E-state index contributed by atoms with van der Waals surface area (Å²) in [6, 6.07) is 7.54. The molecule has 7 heteroatoms. The minimum absolute atomic E-state index is 0.0464. The van der Waals surface area contributed by atoms with E-state index in [4.69, 9.17) is 9.84 Å². The molecule has 0 radical (unpaired) electrons. The molecule has 0 aliphatic rings. The van der Waals surface area contributed by atoms with Crippen LogP contribution in [0.3, 0.4) is 0 Å². The van der Waals surface area contributed by atoms with Gasteiger partial charge in [-0.1, -0.05) is 18.2 Å². The van der Waals surface area contributed by atoms with Crippen molar-refractivity contribution in [3.8, 4) is 5.75 Å². The Morgan fingerprint density at radius 3 is 2.62 bits per heavy atom. The third kappa shape index (κ3) is 3.32. The molecular weight excluding hydrogens is 284 g/mol. The molecule has 21 heavy (non-hydrogen) atoms. The minimum atomic E-state index is -1.00. The van der Waals surface area contributed by atoms with Crippen LogP contribution in [0.1, 0.15) is 11.1 Å². The van der Waals surface area contributed by atoms with Crippen molar-refractivity contribution in [2.75, 3.05) is 0 Å². The summed E-state index contributed by atoms with van der Waals surface area (Å²) >= 11 is 0. The molecule has 2 aromatic carbocycles. The van der Waals surface area contributed by atoms with Crippen LogP contribution in [0, 0.1) is 21.7 Å². The predicted octanol–water partition coefficient (Wildman–Crippen LogP) is 2.94. The van der Waals surface area contributed by atoms with E-state index in [1.165, 1.54) is 24.3 Å². The molecule has 2 rings (SSSR count). The average Bonchev–Trinajstić information content (AvgIpc) is 2.46. The summed E-state index contributed by atoms with van der Waals surface area (Å²) < 4.78 is 32.5. The van der Waals surface area contributed by atoms with Gasteiger partial charge in [-0.3, -0.25) is 10.1 Å². The molecule has 0 aromatic heterocycles. The Hall–Kier alpha value is -2.54. The maximum Gasteiger partial charge on any atom is 0.305 e. The monoisotopic (exact) mass is 295 g/mol. The fourth-order valence-corrected chi connectivity index (χ4v) is 1.73. The number of halogens is 2. The van der Waals surface area contributed by atoms with Gasteiger partial charge >= 0.3 is 5.69 Å². The van der Waals surface area contributed by atoms with E-state index in [0.717, 1.165) is 12.1 Å². The summed E-state index contributed by atoms with van der Waals surface area (Å²) in [7, 11) is 0. The van der Waals surface area contributed by atoms with Gasteiger partial charge in [0.05, 0.1) is 11.5 Å². The Kier molecular flexibility index (Phi) is 4.44. The number of nitro groups is 1. The summed E-state index contributed by atoms with van der Waals surface area (Å²) in [6.45, 7) is -0.653. The second-order valence-electron chi connectivity index (χ2n) is 4.22. The van der Waals surface area contributed by atoms with Gasteiger partial charge in [0.2, 0.25) is 5.82 Å². The molecule has 1 N–H and O–H groups in total. The van der Waals surface area contributed by atoms with E-state index in [9.17, 15) is 18.9 Å². The zero-order valence-electron chi connectivity index (χ0n) is 10.8. The van der Waals surface area contributed by atoms with Crippen LogP contribution in [0.5, 0.6) is 5.75 Å². The third-order valence-corrected chi connectivity index (χ3v) is 2.82. The van der Waals surface area contributed by atoms with E-state index >= 15 is 0 Å². The largest absolute Gasteiger partial charge is 0.486 e. The highest BCUT2D eigenvalue weighted by Gasteiger charge is 2.17. The van der Waals surface area contributed by atoms with Crippen molar-refractivity contribution < 1.29 is 23.5 Å². The van der Waals surface area contributed by atoms with E-state index in [0.29, 0.717) is 5.56 Å². The first-order valence-corrected chi connectivity index (χ1v) is 5.96. The molecule has 0 heterocycles. The normalized spacial score (nSPS) is 10.4. The van der Waals surface area contributed by atoms with E-state index in [-0.39, 0.29) is 24.5 Å². The van der Waals surface area contributed by atoms with Crippen LogP contribution in [0.2, 0.25) is 0 Å². The minimum Gasteiger partial charge on any atom is -0.486 e. The topological polar surface area (TPSA) is 72.6 Å². The van der Waals surface area contributed by atoms with Crippen molar-refractivity contribution in [3.05, 3.63) is 69.3 Å². The van der Waals surface area contributed by atoms with Crippen molar-refractivity contribution in [3.63, 3.8) is 0 Å². The molecule has 0 fully saturated rings. The molecule has 0 saturated heterocycles. The Labute approximate surface area is 118 Å². The molecule has 110 valence electrons. The number of hydrogen-bond acceptors (Lipinski definition) is 4. The fourth-order valence-electron chi connectivity index (χ4n) is 1.73. The lowest BCUT2D eigenvalue weighted by Crippen LogP contribution is -2.03. The van der Waals surface area contributed by atoms with Gasteiger partial charge < -0.3 is 9.84 Å². The highest BCUT2D eigenvalue weighted by Crippen LogP contribution is 2.23. The zero-order valence-corrected chi connectivity index (χ0v) is 10.8. The van der Waals surface area contributed by atoms with Crippen molar-refractivity contribution in [2.24, 2.45) is 0 Å². The zero-order chi connectivity index (χ0) is 15.4. The molecule has 0 aliphatic heterocycles. The molecule has 0 atom stereocenters. The number of hydrogen-bond donors (Lipinski definition) is 1. The Balaban J connectivity index is 2.17. The SMILES string of the molecule is O=[N+]([O-])c1cccc(COc2ccc(CO)cc2F)c1F. The summed E-state index contributed by atoms with van der Waals surface area (Å²) in [4.78, 5) is 9.78. The van der Waals surface area contributed by atoms with Crippen molar-refractivity contribution in [1.82, 2.24) is 0 Å². The molecule has 2 aromatic rings. The Morgan fingerprint density at radius 1 is 1.24 bits per heavy atom. The quantitative estimate of drug-likeness (QED) is 0.680. The van der Waals surface area contributed by atoms with Crippen LogP contribution >= 0.6 is 0 Å². The molecule has 0 aliphatic carbocycles. The van der Waals surface area contributed by atoms with Crippen LogP contribution in [-0.2, 0) is 13.2 Å². The van der Waals surface area contributed by atoms with Gasteiger partial charge in [0.15, 0.2) is 11.6 Å². The highest BCUT2D eigenvalue weighted by molar-refractivity contribution is 5.37. The Bertz CT molecular complexity index is 676. The van der Waals surface area contributed by atoms with Gasteiger partial charge in [-0.05, 0) is 17.7 Å². The molecule has 0 spiro atoms. The maximum absolute atomic E-state index is 13.8. The number of nitro benzene ring substituents is 1. The van der Waals surface area contributed by atoms with Crippen LogP contribution in [0.25, 0.3) is 0 Å². The van der Waals surface area contributed by atoms with Crippen molar-refractivity contribution >= 4 is 5.69 Å². The molecule has 5 nitrogen and oxygen atoms in total. The average molecular weight is 295 g/mol. The van der Waals surface area contributed by atoms with E-state index in [2.05, 4.69) is 0 Å². The lowest BCUT2D eigenvalue weighted by Gasteiger charge is -2.09. The van der Waals surface area contributed by atoms with Crippen molar-refractivity contribution in [1.29, 1.82) is 0 Å². The molecule has 0 saturated carbocycles. The first-order valence-electron chi connectivity index (χ1n) is 5.96. The van der Waals surface area contributed by atoms with E-state index < -0.39 is 22.2 Å². The Morgan fingerprint density at radius 2 is 2.00 bits per heavy atom. The van der Waals surface area contributed by atoms with Crippen LogP contribution < -0.4 is 4.74 Å². The van der Waals surface area contributed by atoms with Gasteiger partial charge in [0.25, 0.3) is 0 Å². The second kappa shape index (κ2) is 6.27. The maximum atomic E-state index is 13.8. The molecule has 0 amide bonds. The van der Waals surface area contributed by atoms with Crippen molar-refractivity contribution in [2.45, 2.75) is 13.2 Å². The van der Waals surface area contributed by atoms with E-state index in [1.807, 2.05) is 0 Å². The summed E-state index contributed by atoms with van der Waals surface area (Å²) in [5.74, 6) is -1.83. The number of rotatable bonds is 5. The summed E-state index contributed by atoms with van der Waals surface area (Å²) in [6.07, 6.45) is 0. The first kappa shape index (κ1) is 14.9. The lowest BCUT2D eigenvalue weighted by atomic mass is 10.2. The molecule has 0 unspecified atom stereocenters. The van der Waals surface area contributed by atoms with Gasteiger partial charge in [0.1, 0.15) is 6.61 Å². The van der Waals surface area contributed by atoms with Gasteiger partial charge in [-0.2, -0.15) is 4.39 Å². The molecule has 0 bridgehead atoms. The lowest BCUT2D eigenvalue weighted by molar-refractivity contribution is -0.387. The predicted molar refractivity (Wildman–Crippen MR) is 69.7 cm³/mol. The van der Waals surface area contributed by atoms with Gasteiger partial charge in [-0.25, -0.2) is 4.39 Å². The van der Waals surface area contributed by atoms with Crippen LogP contribution in [-0.4, -0.2) is 10.0 Å². The third-order valence-electron chi connectivity index (χ3n) is 2.82. The van der Waals surface area contributed by atoms with Gasteiger partial charge in [-0.15, -0.1) is 0 Å². The van der Waals surface area contributed by atoms with Gasteiger partial charge in [0, 0.05) is 11.6 Å². The summed E-state index contributed by atoms with van der Waals surface area (Å²) in [5.41, 5.74) is -0.330. The second-order valence-corrected chi connectivity index (χ2v) is 4.22. The number of ether oxygens (including phenoxy) is 1. The smallest absolute Gasteiger partial charge is 0.305 e. The number of benzene rings is 2. The number of nitrogens with zero attached hydrogens (tertiary/aromatic N) is 1. The molecular formula is C14H11F2NO4.